The van der Waals surface area contributed by atoms with Gasteiger partial charge >= 0.3 is 11.9 Å². The van der Waals surface area contributed by atoms with Gasteiger partial charge in [0.15, 0.2) is 12.6 Å². The van der Waals surface area contributed by atoms with E-state index in [0.29, 0.717) is 25.7 Å². The molecule has 22 atom stereocenters. The number of carbonyl (C=O) groups is 2. The van der Waals surface area contributed by atoms with E-state index in [1.807, 2.05) is 13.8 Å². The molecule has 0 amide bonds. The van der Waals surface area contributed by atoms with E-state index >= 15 is 0 Å². The van der Waals surface area contributed by atoms with Crippen LogP contribution in [0.3, 0.4) is 0 Å². The van der Waals surface area contributed by atoms with Gasteiger partial charge in [-0.25, -0.2) is 0 Å². The molecular weight excluding hydrogens is 952 g/mol. The van der Waals surface area contributed by atoms with E-state index in [2.05, 4.69) is 0 Å². The topological polar surface area (TPSA) is 494 Å². The van der Waals surface area contributed by atoms with Crippen LogP contribution >= 0.6 is 0 Å². The van der Waals surface area contributed by atoms with Crippen molar-refractivity contribution in [1.29, 1.82) is 0 Å². The summed E-state index contributed by atoms with van der Waals surface area (Å²) < 4.78 is 30.4. The van der Waals surface area contributed by atoms with Crippen LogP contribution in [0.15, 0.2) is 0 Å². The summed E-state index contributed by atoms with van der Waals surface area (Å²) in [4.78, 5) is 23.7. The molecule has 416 valence electrons. The normalized spacial score (nSPS) is 30.2. The van der Waals surface area contributed by atoms with Crippen LogP contribution in [-0.2, 0) is 38.0 Å². The highest BCUT2D eigenvalue weighted by Gasteiger charge is 2.46. The van der Waals surface area contributed by atoms with Gasteiger partial charge in [0.1, 0.15) is 111 Å². The Morgan fingerprint density at radius 1 is 0.443 bits per heavy atom. The second-order valence-electron chi connectivity index (χ2n) is 17.3. The summed E-state index contributed by atoms with van der Waals surface area (Å²) in [6.45, 7) is -0.533. The lowest BCUT2D eigenvalue weighted by Crippen LogP contribution is -2.60. The fraction of sp³-hybridized carbons (Fsp3) is 0.952. The predicted octanol–water partition coefficient (Wildman–Crippen LogP) is -9.04. The van der Waals surface area contributed by atoms with Crippen LogP contribution in [0.25, 0.3) is 0 Å². The number of carbonyl (C=O) groups excluding carboxylic acids is 2. The summed E-state index contributed by atoms with van der Waals surface area (Å²) in [7, 11) is 0. The fourth-order valence-corrected chi connectivity index (χ4v) is 6.87. The van der Waals surface area contributed by atoms with Crippen LogP contribution in [0, 0.1) is 0 Å². The molecule has 0 aromatic carbocycles. The number of ether oxygens (including phenoxy) is 6. The van der Waals surface area contributed by atoms with Crippen LogP contribution in [0.5, 0.6) is 0 Å². The van der Waals surface area contributed by atoms with Gasteiger partial charge in [-0.05, 0) is 38.5 Å². The molecule has 0 radical (unpaired) electrons. The Balaban J connectivity index is 0.000000700. The van der Waals surface area contributed by atoms with Gasteiger partial charge in [-0.3, -0.25) is 9.59 Å². The van der Waals surface area contributed by atoms with E-state index < -0.39 is 186 Å². The van der Waals surface area contributed by atoms with Crippen LogP contribution < -0.4 is 0 Å². The van der Waals surface area contributed by atoms with Gasteiger partial charge in [0, 0.05) is 12.8 Å². The highest BCUT2D eigenvalue weighted by molar-refractivity contribution is 5.69. The smallest absolute Gasteiger partial charge is 0.305 e. The Morgan fingerprint density at radius 3 is 1.20 bits per heavy atom. The maximum atomic E-state index is 12.0. The fourth-order valence-electron chi connectivity index (χ4n) is 6.87. The molecule has 2 rings (SSSR count). The number of aliphatic hydroxyl groups excluding tert-OH is 20. The van der Waals surface area contributed by atoms with Crippen LogP contribution in [0.2, 0.25) is 0 Å². The third-order valence-electron chi connectivity index (χ3n) is 11.5. The molecule has 20 N–H and O–H groups in total. The van der Waals surface area contributed by atoms with E-state index in [1.165, 1.54) is 0 Å². The Kier molecular flexibility index (Phi) is 32.5. The van der Waals surface area contributed by atoms with Crippen molar-refractivity contribution in [3.8, 4) is 0 Å². The van der Waals surface area contributed by atoms with Gasteiger partial charge in [0.05, 0.1) is 50.8 Å². The Hall–Kier alpha value is -2.02. The lowest BCUT2D eigenvalue weighted by molar-refractivity contribution is -0.307. The van der Waals surface area contributed by atoms with Crippen molar-refractivity contribution in [3.05, 3.63) is 0 Å². The summed E-state index contributed by atoms with van der Waals surface area (Å²) in [5.74, 6) is -1.43. The van der Waals surface area contributed by atoms with E-state index in [0.717, 1.165) is 0 Å². The summed E-state index contributed by atoms with van der Waals surface area (Å²) in [5.41, 5.74) is 0. The Bertz CT molecular complexity index is 1390. The molecule has 70 heavy (non-hydrogen) atoms. The minimum Gasteiger partial charge on any atom is -0.463 e. The van der Waals surface area contributed by atoms with Gasteiger partial charge in [0.2, 0.25) is 0 Å². The summed E-state index contributed by atoms with van der Waals surface area (Å²) >= 11 is 0. The monoisotopic (exact) mass is 1030 g/mol. The third-order valence-corrected chi connectivity index (χ3v) is 11.5. The second-order valence-corrected chi connectivity index (χ2v) is 17.3. The lowest BCUT2D eigenvalue weighted by atomic mass is 9.99. The molecule has 10 unspecified atom stereocenters. The first-order valence-corrected chi connectivity index (χ1v) is 23.2. The molecule has 0 spiro atoms. The first-order chi connectivity index (χ1) is 32.9. The van der Waals surface area contributed by atoms with Crippen LogP contribution in [0.4, 0.5) is 0 Å². The van der Waals surface area contributed by atoms with Crippen molar-refractivity contribution in [2.75, 3.05) is 39.6 Å². The van der Waals surface area contributed by atoms with Gasteiger partial charge in [-0.15, -0.1) is 0 Å². The molecule has 0 bridgehead atoms. The van der Waals surface area contributed by atoms with Crippen molar-refractivity contribution < 1.29 is 140 Å². The molecule has 2 saturated heterocycles. The highest BCUT2D eigenvalue weighted by atomic mass is 16.7. The predicted molar refractivity (Wildman–Crippen MR) is 231 cm³/mol. The number of aliphatic hydroxyl groups is 20. The summed E-state index contributed by atoms with van der Waals surface area (Å²) in [5, 5.41) is 195. The Morgan fingerprint density at radius 2 is 0.800 bits per heavy atom. The number of rotatable bonds is 32. The molecule has 2 fully saturated rings. The van der Waals surface area contributed by atoms with Gasteiger partial charge in [-0.1, -0.05) is 26.7 Å². The molecule has 28 nitrogen and oxygen atoms in total. The molecule has 2 heterocycles. The van der Waals surface area contributed by atoms with Gasteiger partial charge in [0.25, 0.3) is 0 Å². The molecular formula is C42H80O28. The first-order valence-electron chi connectivity index (χ1n) is 23.2. The molecule has 0 saturated carbocycles. The molecule has 0 aliphatic carbocycles. The number of esters is 2. The zero-order chi connectivity index (χ0) is 53.4. The van der Waals surface area contributed by atoms with Gasteiger partial charge in [-0.2, -0.15) is 0 Å². The van der Waals surface area contributed by atoms with Crippen molar-refractivity contribution in [1.82, 2.24) is 0 Å². The lowest BCUT2D eigenvalue weighted by Gasteiger charge is -2.40. The number of hydrogen-bond acceptors (Lipinski definition) is 28. The van der Waals surface area contributed by atoms with Crippen molar-refractivity contribution >= 4 is 11.9 Å². The quantitative estimate of drug-likeness (QED) is 0.0278. The third kappa shape index (κ3) is 22.2. The first kappa shape index (κ1) is 66.0. The SMILES string of the molecule is CCCC(O)C(O)CCCC(=O)OCC(O)[C@@H](O)[C@H](O)[C@H](O)CO[C@H]1OC(CO)[C@@H](O)[C@H](O)C1O.CCCC(O)C(O)CCCC(=O)OCC1O[C@H](OC[C@@H](O)[C@@H](O)[C@H](O)C(O)CO)C(O)[C@@H](O)[C@@H]1O. The minimum atomic E-state index is -1.97. The largest absolute Gasteiger partial charge is 0.463 e. The highest BCUT2D eigenvalue weighted by Crippen LogP contribution is 2.25. The maximum absolute atomic E-state index is 12.0. The maximum Gasteiger partial charge on any atom is 0.305 e. The minimum absolute atomic E-state index is 0.0874. The number of hydrogen-bond donors (Lipinski definition) is 20. The Labute approximate surface area is 404 Å². The average molecular weight is 1030 g/mol. The van der Waals surface area contributed by atoms with Crippen molar-refractivity contribution in [2.24, 2.45) is 0 Å². The van der Waals surface area contributed by atoms with Crippen molar-refractivity contribution in [2.45, 2.75) is 213 Å². The van der Waals surface area contributed by atoms with Gasteiger partial charge < -0.3 is 131 Å². The molecule has 0 aromatic rings. The molecule has 2 aliphatic rings. The van der Waals surface area contributed by atoms with Crippen molar-refractivity contribution in [3.63, 3.8) is 0 Å². The standard InChI is InChI=1S/2C21H40O14/c1-2-4-10(23)11(24)5-3-6-15(27)33-8-12(25)16(28)17(29)13(26)9-34-21-20(32)19(31)18(30)14(7-22)35-21;1-2-4-10(23)11(24)5-3-6-15(27)33-9-14-18(30)19(31)20(32)21(35-14)34-8-13(26)17(29)16(28)12(25)7-22/h2*10-14,16-26,28-32H,2-9H2,1H3/t2*10?,11?,12?,13-,14?,16-,17-,18-,19+,20?,21+/m11/s1. The van der Waals surface area contributed by atoms with Crippen LogP contribution in [-0.4, -0.2) is 288 Å². The molecule has 2 aliphatic heterocycles. The molecule has 0 aromatic heterocycles. The second kappa shape index (κ2) is 34.5. The summed E-state index contributed by atoms with van der Waals surface area (Å²) in [6, 6.07) is 0. The van der Waals surface area contributed by atoms with E-state index in [4.69, 9.17) is 38.6 Å². The zero-order valence-electron chi connectivity index (χ0n) is 39.2. The van der Waals surface area contributed by atoms with E-state index in [1.54, 1.807) is 0 Å². The molecule has 28 heteroatoms. The van der Waals surface area contributed by atoms with Crippen LogP contribution in [0.1, 0.15) is 78.1 Å². The summed E-state index contributed by atoms with van der Waals surface area (Å²) in [6.07, 6.45) is -31.7. The van der Waals surface area contributed by atoms with E-state index in [9.17, 15) is 102 Å². The van der Waals surface area contributed by atoms with E-state index in [-0.39, 0.29) is 38.5 Å². The zero-order valence-corrected chi connectivity index (χ0v) is 39.2. The average Bonchev–Trinajstić information content (AvgIpc) is 3.34.